The number of aryl methyl sites for hydroxylation is 1. The number of Topliss-reactive ketones (excluding diaryl/α,β-unsaturated/α-hetero) is 1. The maximum absolute atomic E-state index is 12.5. The number of carbonyl (C=O) groups excluding carboxylic acids is 1. The standard InChI is InChI=1S/C14H18N2O/c1-14(15,10-5-6-10)13(17)11-7-4-9-3-2-8-16-12(9)11/h2-3,8,10-11H,4-7,15H2,1H3. The van der Waals surface area contributed by atoms with Gasteiger partial charge in [-0.15, -0.1) is 0 Å². The molecule has 1 heterocycles. The lowest BCUT2D eigenvalue weighted by atomic mass is 9.83. The van der Waals surface area contributed by atoms with Crippen LogP contribution in [0.25, 0.3) is 0 Å². The monoisotopic (exact) mass is 230 g/mol. The Morgan fingerprint density at radius 3 is 2.94 bits per heavy atom. The predicted molar refractivity (Wildman–Crippen MR) is 65.6 cm³/mol. The van der Waals surface area contributed by atoms with Crippen molar-refractivity contribution in [3.63, 3.8) is 0 Å². The molecule has 0 amide bonds. The van der Waals surface area contributed by atoms with E-state index in [2.05, 4.69) is 11.1 Å². The normalized spacial score (nSPS) is 26.4. The van der Waals surface area contributed by atoms with Crippen LogP contribution < -0.4 is 5.73 Å². The lowest BCUT2D eigenvalue weighted by Crippen LogP contribution is -2.49. The molecule has 90 valence electrons. The van der Waals surface area contributed by atoms with Crippen molar-refractivity contribution >= 4 is 5.78 Å². The second-order valence-corrected chi connectivity index (χ2v) is 5.56. The van der Waals surface area contributed by atoms with Gasteiger partial charge >= 0.3 is 0 Å². The van der Waals surface area contributed by atoms with E-state index in [1.807, 2.05) is 13.0 Å². The molecule has 0 spiro atoms. The van der Waals surface area contributed by atoms with Gasteiger partial charge in [0.25, 0.3) is 0 Å². The van der Waals surface area contributed by atoms with Crippen molar-refractivity contribution < 1.29 is 4.79 Å². The van der Waals surface area contributed by atoms with Gasteiger partial charge in [-0.05, 0) is 50.2 Å². The first-order valence-electron chi connectivity index (χ1n) is 6.37. The second-order valence-electron chi connectivity index (χ2n) is 5.56. The van der Waals surface area contributed by atoms with E-state index in [4.69, 9.17) is 5.73 Å². The molecule has 2 aliphatic carbocycles. The van der Waals surface area contributed by atoms with Crippen molar-refractivity contribution in [2.45, 2.75) is 44.1 Å². The van der Waals surface area contributed by atoms with E-state index in [-0.39, 0.29) is 11.7 Å². The highest BCUT2D eigenvalue weighted by atomic mass is 16.1. The summed E-state index contributed by atoms with van der Waals surface area (Å²) in [7, 11) is 0. The molecule has 2 unspecified atom stereocenters. The van der Waals surface area contributed by atoms with E-state index >= 15 is 0 Å². The number of ketones is 1. The Balaban J connectivity index is 1.89. The predicted octanol–water partition coefficient (Wildman–Crippen LogP) is 1.81. The fourth-order valence-electron chi connectivity index (χ4n) is 2.93. The molecule has 2 aliphatic rings. The van der Waals surface area contributed by atoms with Crippen LogP contribution in [0.3, 0.4) is 0 Å². The van der Waals surface area contributed by atoms with Crippen LogP contribution in [-0.2, 0) is 11.2 Å². The number of rotatable bonds is 3. The first-order valence-corrected chi connectivity index (χ1v) is 6.37. The van der Waals surface area contributed by atoms with E-state index in [1.165, 1.54) is 5.56 Å². The zero-order chi connectivity index (χ0) is 12.0. The highest BCUT2D eigenvalue weighted by Crippen LogP contribution is 2.43. The SMILES string of the molecule is CC(N)(C(=O)C1CCc2cccnc21)C1CC1. The van der Waals surface area contributed by atoms with Gasteiger partial charge < -0.3 is 5.73 Å². The second kappa shape index (κ2) is 3.64. The number of hydrogen-bond acceptors (Lipinski definition) is 3. The number of nitrogens with two attached hydrogens (primary N) is 1. The number of pyridine rings is 1. The Hall–Kier alpha value is -1.22. The van der Waals surface area contributed by atoms with Gasteiger partial charge in [-0.3, -0.25) is 9.78 Å². The van der Waals surface area contributed by atoms with Crippen LogP contribution in [0, 0.1) is 5.92 Å². The highest BCUT2D eigenvalue weighted by molar-refractivity contribution is 5.94. The van der Waals surface area contributed by atoms with Crippen LogP contribution in [0.2, 0.25) is 0 Å². The maximum Gasteiger partial charge on any atom is 0.161 e. The van der Waals surface area contributed by atoms with Gasteiger partial charge in [-0.25, -0.2) is 0 Å². The summed E-state index contributed by atoms with van der Waals surface area (Å²) in [5.41, 5.74) is 7.76. The molecule has 3 nitrogen and oxygen atoms in total. The molecule has 1 aromatic heterocycles. The quantitative estimate of drug-likeness (QED) is 0.861. The minimum Gasteiger partial charge on any atom is -0.319 e. The maximum atomic E-state index is 12.5. The Morgan fingerprint density at radius 1 is 1.47 bits per heavy atom. The summed E-state index contributed by atoms with van der Waals surface area (Å²) in [5.74, 6) is 0.516. The zero-order valence-corrected chi connectivity index (χ0v) is 10.1. The van der Waals surface area contributed by atoms with Crippen molar-refractivity contribution in [3.8, 4) is 0 Å². The number of hydrogen-bond donors (Lipinski definition) is 1. The van der Waals surface area contributed by atoms with Gasteiger partial charge in [0.15, 0.2) is 5.78 Å². The molecule has 2 N–H and O–H groups in total. The number of carbonyl (C=O) groups is 1. The third-order valence-corrected chi connectivity index (χ3v) is 4.23. The third-order valence-electron chi connectivity index (χ3n) is 4.23. The molecular weight excluding hydrogens is 212 g/mol. The topological polar surface area (TPSA) is 56.0 Å². The molecule has 2 atom stereocenters. The van der Waals surface area contributed by atoms with Gasteiger partial charge in [-0.2, -0.15) is 0 Å². The Kier molecular flexibility index (Phi) is 2.33. The molecule has 0 radical (unpaired) electrons. The Labute approximate surface area is 101 Å². The van der Waals surface area contributed by atoms with E-state index in [9.17, 15) is 4.79 Å². The summed E-state index contributed by atoms with van der Waals surface area (Å²) in [6, 6.07) is 4.01. The first-order chi connectivity index (χ1) is 8.10. The van der Waals surface area contributed by atoms with Gasteiger partial charge in [-0.1, -0.05) is 6.07 Å². The number of aromatic nitrogens is 1. The van der Waals surface area contributed by atoms with Gasteiger partial charge in [0.2, 0.25) is 0 Å². The van der Waals surface area contributed by atoms with Crippen LogP contribution in [0.15, 0.2) is 18.3 Å². The fraction of sp³-hybridized carbons (Fsp3) is 0.571. The molecule has 0 aliphatic heterocycles. The molecule has 0 bridgehead atoms. The Bertz CT molecular complexity index is 463. The lowest BCUT2D eigenvalue weighted by Gasteiger charge is -2.26. The van der Waals surface area contributed by atoms with Crippen LogP contribution in [-0.4, -0.2) is 16.3 Å². The van der Waals surface area contributed by atoms with Crippen molar-refractivity contribution in [2.75, 3.05) is 0 Å². The molecule has 1 aromatic rings. The number of fused-ring (bicyclic) bond motifs is 1. The third kappa shape index (κ3) is 1.69. The largest absolute Gasteiger partial charge is 0.319 e. The van der Waals surface area contributed by atoms with Gasteiger partial charge in [0.05, 0.1) is 17.2 Å². The van der Waals surface area contributed by atoms with Crippen LogP contribution in [0.4, 0.5) is 0 Å². The first kappa shape index (κ1) is 10.9. The molecule has 0 saturated heterocycles. The van der Waals surface area contributed by atoms with Crippen molar-refractivity contribution in [1.82, 2.24) is 4.98 Å². The highest BCUT2D eigenvalue weighted by Gasteiger charge is 2.47. The van der Waals surface area contributed by atoms with Crippen LogP contribution in [0.1, 0.15) is 43.4 Å². The lowest BCUT2D eigenvalue weighted by molar-refractivity contribution is -0.125. The van der Waals surface area contributed by atoms with E-state index in [1.54, 1.807) is 6.20 Å². The molecular formula is C14H18N2O. The minimum atomic E-state index is -0.649. The number of nitrogens with zero attached hydrogens (tertiary/aromatic N) is 1. The van der Waals surface area contributed by atoms with Crippen molar-refractivity contribution in [2.24, 2.45) is 11.7 Å². The Morgan fingerprint density at radius 2 is 2.24 bits per heavy atom. The summed E-state index contributed by atoms with van der Waals surface area (Å²) < 4.78 is 0. The zero-order valence-electron chi connectivity index (χ0n) is 10.1. The molecule has 0 aromatic carbocycles. The summed E-state index contributed by atoms with van der Waals surface area (Å²) in [6.07, 6.45) is 5.81. The molecule has 17 heavy (non-hydrogen) atoms. The van der Waals surface area contributed by atoms with Crippen molar-refractivity contribution in [1.29, 1.82) is 0 Å². The van der Waals surface area contributed by atoms with E-state index in [0.29, 0.717) is 5.92 Å². The van der Waals surface area contributed by atoms with Gasteiger partial charge in [0.1, 0.15) is 0 Å². The van der Waals surface area contributed by atoms with E-state index in [0.717, 1.165) is 31.4 Å². The summed E-state index contributed by atoms with van der Waals surface area (Å²) in [5, 5.41) is 0. The molecule has 3 heteroatoms. The van der Waals surface area contributed by atoms with Crippen LogP contribution in [0.5, 0.6) is 0 Å². The fourth-order valence-corrected chi connectivity index (χ4v) is 2.93. The summed E-state index contributed by atoms with van der Waals surface area (Å²) >= 11 is 0. The smallest absolute Gasteiger partial charge is 0.161 e. The summed E-state index contributed by atoms with van der Waals surface area (Å²) in [4.78, 5) is 16.9. The van der Waals surface area contributed by atoms with Gasteiger partial charge in [0, 0.05) is 6.20 Å². The van der Waals surface area contributed by atoms with Crippen LogP contribution >= 0.6 is 0 Å². The van der Waals surface area contributed by atoms with Crippen molar-refractivity contribution in [3.05, 3.63) is 29.6 Å². The minimum absolute atomic E-state index is 0.0678. The average molecular weight is 230 g/mol. The molecule has 1 saturated carbocycles. The van der Waals surface area contributed by atoms with E-state index < -0.39 is 5.54 Å². The average Bonchev–Trinajstić information content (AvgIpc) is 3.09. The summed E-state index contributed by atoms with van der Waals surface area (Å²) in [6.45, 7) is 1.90. The molecule has 3 rings (SSSR count). The molecule has 1 fully saturated rings.